The SMILES string of the molecule is CC1CN(c2cc(F)c(-c3cnc(N4CCN(C(=O)CCC(=O)O)CC4)nc3)cc2NC(=O)c2c[nH]c(=O)cc2C(F)(F)F)CC(C)N1C. The van der Waals surface area contributed by atoms with Gasteiger partial charge in [0, 0.05) is 93.6 Å². The molecule has 2 aromatic heterocycles. The Hall–Kier alpha value is -5.06. The Kier molecular flexibility index (Phi) is 10.2. The lowest BCUT2D eigenvalue weighted by molar-refractivity contribution is -0.141. The van der Waals surface area contributed by atoms with E-state index in [1.807, 2.05) is 30.7 Å². The first-order valence-electron chi connectivity index (χ1n) is 15.6. The molecule has 49 heavy (non-hydrogen) atoms. The zero-order chi connectivity index (χ0) is 35.6. The summed E-state index contributed by atoms with van der Waals surface area (Å²) in [6, 6.07) is 2.94. The number of carbonyl (C=O) groups is 3. The molecule has 0 aliphatic carbocycles. The van der Waals surface area contributed by atoms with E-state index in [-0.39, 0.29) is 53.3 Å². The van der Waals surface area contributed by atoms with Crippen LogP contribution in [0.5, 0.6) is 0 Å². The number of hydrogen-bond acceptors (Lipinski definition) is 9. The second-order valence-corrected chi connectivity index (χ2v) is 12.2. The number of hydrogen-bond donors (Lipinski definition) is 3. The van der Waals surface area contributed by atoms with E-state index in [4.69, 9.17) is 5.11 Å². The number of pyridine rings is 1. The van der Waals surface area contributed by atoms with E-state index in [1.165, 1.54) is 24.5 Å². The zero-order valence-corrected chi connectivity index (χ0v) is 27.1. The Bertz CT molecular complexity index is 1760. The Morgan fingerprint density at radius 3 is 2.20 bits per heavy atom. The van der Waals surface area contributed by atoms with Crippen molar-refractivity contribution in [3.63, 3.8) is 0 Å². The van der Waals surface area contributed by atoms with Gasteiger partial charge in [0.1, 0.15) is 5.82 Å². The first-order valence-corrected chi connectivity index (χ1v) is 15.6. The fourth-order valence-electron chi connectivity index (χ4n) is 5.98. The molecule has 5 rings (SSSR count). The molecule has 1 aromatic carbocycles. The smallest absolute Gasteiger partial charge is 0.417 e. The second-order valence-electron chi connectivity index (χ2n) is 12.2. The van der Waals surface area contributed by atoms with E-state index in [1.54, 1.807) is 4.90 Å². The van der Waals surface area contributed by atoms with Crippen molar-refractivity contribution < 1.29 is 37.1 Å². The van der Waals surface area contributed by atoms with Gasteiger partial charge in [-0.3, -0.25) is 24.1 Å². The Morgan fingerprint density at radius 2 is 1.61 bits per heavy atom. The van der Waals surface area contributed by atoms with Crippen molar-refractivity contribution in [1.29, 1.82) is 0 Å². The number of alkyl halides is 3. The number of piperazine rings is 2. The minimum absolute atomic E-state index is 0.00724. The van der Waals surface area contributed by atoms with Gasteiger partial charge in [-0.05, 0) is 33.0 Å². The summed E-state index contributed by atoms with van der Waals surface area (Å²) in [5, 5.41) is 11.4. The molecule has 3 aromatic rings. The van der Waals surface area contributed by atoms with Gasteiger partial charge >= 0.3 is 12.1 Å². The molecule has 13 nitrogen and oxygen atoms in total. The van der Waals surface area contributed by atoms with E-state index >= 15 is 4.39 Å². The number of halogens is 4. The fraction of sp³-hybridized carbons (Fsp3) is 0.438. The van der Waals surface area contributed by atoms with Crippen LogP contribution < -0.4 is 20.7 Å². The Balaban J connectivity index is 1.43. The number of rotatable bonds is 8. The highest BCUT2D eigenvalue weighted by molar-refractivity contribution is 6.07. The first kappa shape index (κ1) is 35.3. The molecular weight excluding hydrogens is 652 g/mol. The standard InChI is InChI=1S/C32H36F4N8O5/c1-18-16-44(17-19(2)41(18)3)26-12-24(33)21(10-25(26)40-30(49)22-15-37-27(45)11-23(22)32(34,35)36)20-13-38-31(39-14-20)43-8-6-42(7-9-43)28(46)4-5-29(47)48/h10-15,18-19H,4-9,16-17H2,1-3H3,(H,37,45)(H,40,49)(H,47,48). The summed E-state index contributed by atoms with van der Waals surface area (Å²) in [4.78, 5) is 66.4. The van der Waals surface area contributed by atoms with Crippen LogP contribution in [-0.2, 0) is 15.8 Å². The molecule has 0 spiro atoms. The van der Waals surface area contributed by atoms with Crippen molar-refractivity contribution in [2.75, 3.05) is 61.4 Å². The lowest BCUT2D eigenvalue weighted by Gasteiger charge is -2.44. The van der Waals surface area contributed by atoms with E-state index < -0.39 is 40.6 Å². The number of nitrogens with zero attached hydrogens (tertiary/aromatic N) is 6. The largest absolute Gasteiger partial charge is 0.481 e. The highest BCUT2D eigenvalue weighted by atomic mass is 19.4. The van der Waals surface area contributed by atoms with E-state index in [0.29, 0.717) is 57.5 Å². The maximum atomic E-state index is 15.9. The van der Waals surface area contributed by atoms with Gasteiger partial charge < -0.3 is 30.1 Å². The summed E-state index contributed by atoms with van der Waals surface area (Å²) in [6.45, 7) is 6.34. The summed E-state index contributed by atoms with van der Waals surface area (Å²) < 4.78 is 57.2. The lowest BCUT2D eigenvalue weighted by Crippen LogP contribution is -2.55. The van der Waals surface area contributed by atoms with Crippen LogP contribution in [0, 0.1) is 5.82 Å². The molecule has 2 aliphatic rings. The average Bonchev–Trinajstić information content (AvgIpc) is 3.06. The van der Waals surface area contributed by atoms with Gasteiger partial charge in [0.2, 0.25) is 17.4 Å². The summed E-state index contributed by atoms with van der Waals surface area (Å²) in [5.74, 6) is -2.79. The molecule has 2 saturated heterocycles. The van der Waals surface area contributed by atoms with Crippen LogP contribution in [-0.4, -0.2) is 106 Å². The van der Waals surface area contributed by atoms with Gasteiger partial charge in [-0.1, -0.05) is 0 Å². The molecule has 0 saturated carbocycles. The normalized spacial score (nSPS) is 18.8. The molecule has 17 heteroatoms. The molecule has 2 fully saturated rings. The van der Waals surface area contributed by atoms with Crippen molar-refractivity contribution >= 4 is 35.1 Å². The van der Waals surface area contributed by atoms with Crippen LogP contribution in [0.1, 0.15) is 42.6 Å². The van der Waals surface area contributed by atoms with Crippen molar-refractivity contribution in [3.05, 3.63) is 64.1 Å². The number of anilines is 3. The maximum absolute atomic E-state index is 15.9. The van der Waals surface area contributed by atoms with Gasteiger partial charge in [0.15, 0.2) is 0 Å². The molecular formula is C32H36F4N8O5. The predicted octanol–water partition coefficient (Wildman–Crippen LogP) is 3.28. The van der Waals surface area contributed by atoms with Gasteiger partial charge in [0.25, 0.3) is 5.91 Å². The van der Waals surface area contributed by atoms with Crippen molar-refractivity contribution in [2.24, 2.45) is 0 Å². The summed E-state index contributed by atoms with van der Waals surface area (Å²) in [7, 11) is 1.96. The molecule has 0 bridgehead atoms. The number of aromatic amines is 1. The van der Waals surface area contributed by atoms with Crippen molar-refractivity contribution in [2.45, 2.75) is 44.9 Å². The molecule has 2 amide bonds. The number of H-pyrrole nitrogens is 1. The third kappa shape index (κ3) is 7.98. The van der Waals surface area contributed by atoms with Gasteiger partial charge in [-0.25, -0.2) is 14.4 Å². The molecule has 262 valence electrons. The van der Waals surface area contributed by atoms with E-state index in [2.05, 4.69) is 25.2 Å². The number of likely N-dealkylation sites (N-methyl/N-ethyl adjacent to an activating group) is 1. The van der Waals surface area contributed by atoms with Crippen LogP contribution in [0.3, 0.4) is 0 Å². The predicted molar refractivity (Wildman–Crippen MR) is 172 cm³/mol. The zero-order valence-electron chi connectivity index (χ0n) is 27.1. The number of carboxylic acid groups (broad SMARTS) is 1. The number of carbonyl (C=O) groups excluding carboxylic acids is 2. The maximum Gasteiger partial charge on any atom is 0.417 e. The van der Waals surface area contributed by atoms with Crippen molar-refractivity contribution in [1.82, 2.24) is 24.8 Å². The van der Waals surface area contributed by atoms with Crippen LogP contribution in [0.4, 0.5) is 34.9 Å². The van der Waals surface area contributed by atoms with Gasteiger partial charge in [-0.2, -0.15) is 13.2 Å². The fourth-order valence-corrected chi connectivity index (χ4v) is 5.98. The molecule has 3 N–H and O–H groups in total. The third-order valence-corrected chi connectivity index (χ3v) is 8.93. The van der Waals surface area contributed by atoms with E-state index in [0.717, 1.165) is 0 Å². The molecule has 2 aliphatic heterocycles. The van der Waals surface area contributed by atoms with Gasteiger partial charge in [-0.15, -0.1) is 0 Å². The number of amides is 2. The highest BCUT2D eigenvalue weighted by Crippen LogP contribution is 2.37. The number of aromatic nitrogens is 3. The molecule has 2 unspecified atom stereocenters. The van der Waals surface area contributed by atoms with Crippen LogP contribution in [0.2, 0.25) is 0 Å². The van der Waals surface area contributed by atoms with E-state index in [9.17, 15) is 32.3 Å². The van der Waals surface area contributed by atoms with Crippen molar-refractivity contribution in [3.8, 4) is 11.1 Å². The Morgan fingerprint density at radius 1 is 0.980 bits per heavy atom. The third-order valence-electron chi connectivity index (χ3n) is 8.93. The minimum atomic E-state index is -4.98. The summed E-state index contributed by atoms with van der Waals surface area (Å²) in [6.07, 6.45) is -1.85. The lowest BCUT2D eigenvalue weighted by atomic mass is 10.0. The van der Waals surface area contributed by atoms with Crippen LogP contribution >= 0.6 is 0 Å². The quantitative estimate of drug-likeness (QED) is 0.301. The number of carboxylic acids is 1. The molecule has 2 atom stereocenters. The number of benzene rings is 1. The Labute approximate surface area is 278 Å². The summed E-state index contributed by atoms with van der Waals surface area (Å²) >= 11 is 0. The molecule has 0 radical (unpaired) electrons. The number of nitrogens with one attached hydrogen (secondary N) is 2. The second kappa shape index (κ2) is 14.2. The van der Waals surface area contributed by atoms with Crippen LogP contribution in [0.25, 0.3) is 11.1 Å². The average molecular weight is 689 g/mol. The van der Waals surface area contributed by atoms with Gasteiger partial charge in [0.05, 0.1) is 28.9 Å². The topological polar surface area (TPSA) is 155 Å². The number of aliphatic carboxylic acids is 1. The summed E-state index contributed by atoms with van der Waals surface area (Å²) in [5.41, 5.74) is -2.68. The molecule has 4 heterocycles. The first-order chi connectivity index (χ1) is 23.1. The van der Waals surface area contributed by atoms with Crippen LogP contribution in [0.15, 0.2) is 41.6 Å². The highest BCUT2D eigenvalue weighted by Gasteiger charge is 2.36. The minimum Gasteiger partial charge on any atom is -0.481 e. The monoisotopic (exact) mass is 688 g/mol.